The van der Waals surface area contributed by atoms with Gasteiger partial charge in [-0.3, -0.25) is 24.2 Å². The number of allylic oxidation sites excluding steroid dienone is 2. The van der Waals surface area contributed by atoms with E-state index in [4.69, 9.17) is 4.99 Å². The maximum absolute atomic E-state index is 13.7. The first-order valence-electron chi connectivity index (χ1n) is 15.7. The van der Waals surface area contributed by atoms with E-state index in [9.17, 15) is 19.2 Å². The zero-order valence-corrected chi connectivity index (χ0v) is 28.3. The number of nitrogens with zero attached hydrogens (tertiary/aromatic N) is 2. The van der Waals surface area contributed by atoms with Crippen molar-refractivity contribution in [1.82, 2.24) is 15.6 Å². The molecule has 3 aliphatic rings. The molecule has 0 aromatic carbocycles. The predicted octanol–water partition coefficient (Wildman–Crippen LogP) is 5.94. The molecular weight excluding hydrogens is 601 g/mol. The first kappa shape index (κ1) is 33.9. The standard InChI is InChI=1S/C32H46N4O4S3/c1-5-6-7-8-9-13-27(38)41-14-11-10-12-21-15-25(37)33-17-26-34-24(18-42-26)30-36-32(4,19-43-30)31(40)35-28(20(2)3)29(39)23-16-22(21)23/h10,12,18,20-23,28H,5-9,11,13-17,19H2,1-4H3,(H,33,37)(H,35,40). The minimum Gasteiger partial charge on any atom is -0.350 e. The molecule has 0 spiro atoms. The fourth-order valence-electron chi connectivity index (χ4n) is 5.62. The van der Waals surface area contributed by atoms with Gasteiger partial charge < -0.3 is 10.6 Å². The van der Waals surface area contributed by atoms with Crippen molar-refractivity contribution in [3.63, 3.8) is 0 Å². The number of hydrogen-bond donors (Lipinski definition) is 2. The molecule has 1 aliphatic carbocycles. The van der Waals surface area contributed by atoms with Gasteiger partial charge in [0.1, 0.15) is 21.3 Å². The van der Waals surface area contributed by atoms with Crippen molar-refractivity contribution < 1.29 is 19.2 Å². The fraction of sp³-hybridized carbons (Fsp3) is 0.688. The van der Waals surface area contributed by atoms with E-state index in [2.05, 4.69) is 34.7 Å². The number of carbonyl (C=O) groups is 4. The molecule has 3 heterocycles. The average molecular weight is 647 g/mol. The number of ketones is 1. The highest BCUT2D eigenvalue weighted by atomic mass is 32.2. The third-order valence-corrected chi connectivity index (χ3v) is 11.5. The minimum atomic E-state index is -0.970. The smallest absolute Gasteiger partial charge is 0.249 e. The van der Waals surface area contributed by atoms with Crippen molar-refractivity contribution in [2.45, 2.75) is 104 Å². The molecule has 2 N–H and O–H groups in total. The highest BCUT2D eigenvalue weighted by Gasteiger charge is 2.50. The number of rotatable bonds is 11. The Morgan fingerprint density at radius 3 is 2.77 bits per heavy atom. The molecule has 4 bridgehead atoms. The van der Waals surface area contributed by atoms with Crippen molar-refractivity contribution >= 4 is 62.6 Å². The lowest BCUT2D eigenvalue weighted by atomic mass is 9.91. The molecule has 4 rings (SSSR count). The van der Waals surface area contributed by atoms with Crippen LogP contribution in [0.25, 0.3) is 0 Å². The van der Waals surface area contributed by atoms with Crippen LogP contribution in [0.5, 0.6) is 0 Å². The summed E-state index contributed by atoms with van der Waals surface area (Å²) in [4.78, 5) is 61.8. The van der Waals surface area contributed by atoms with Crippen molar-refractivity contribution in [3.8, 4) is 0 Å². The Hall–Kier alpha value is -1.98. The molecule has 5 atom stereocenters. The monoisotopic (exact) mass is 646 g/mol. The summed E-state index contributed by atoms with van der Waals surface area (Å²) >= 11 is 4.35. The molecule has 2 aliphatic heterocycles. The number of thiazole rings is 1. The molecule has 1 aromatic rings. The topological polar surface area (TPSA) is 118 Å². The predicted molar refractivity (Wildman–Crippen MR) is 177 cm³/mol. The molecule has 1 aromatic heterocycles. The van der Waals surface area contributed by atoms with E-state index in [1.807, 2.05) is 26.2 Å². The Kier molecular flexibility index (Phi) is 12.5. The summed E-state index contributed by atoms with van der Waals surface area (Å²) in [5, 5.41) is 9.71. The lowest BCUT2D eigenvalue weighted by Crippen LogP contribution is -2.53. The van der Waals surface area contributed by atoms with Gasteiger partial charge in [-0.25, -0.2) is 4.98 Å². The van der Waals surface area contributed by atoms with Crippen LogP contribution in [0.3, 0.4) is 0 Å². The van der Waals surface area contributed by atoms with Crippen LogP contribution in [0.15, 0.2) is 22.5 Å². The molecule has 0 saturated heterocycles. The lowest BCUT2D eigenvalue weighted by Gasteiger charge is -2.26. The van der Waals surface area contributed by atoms with Crippen molar-refractivity contribution in [2.24, 2.45) is 28.7 Å². The lowest BCUT2D eigenvalue weighted by molar-refractivity contribution is -0.131. The average Bonchev–Trinajstić information content (AvgIpc) is 3.44. The molecule has 8 nitrogen and oxygen atoms in total. The molecule has 5 unspecified atom stereocenters. The second kappa shape index (κ2) is 15.8. The Labute approximate surface area is 268 Å². The highest BCUT2D eigenvalue weighted by molar-refractivity contribution is 8.14. The van der Waals surface area contributed by atoms with E-state index in [1.165, 1.54) is 54.1 Å². The molecule has 236 valence electrons. The Bertz CT molecular complexity index is 1230. The van der Waals surface area contributed by atoms with E-state index < -0.39 is 11.6 Å². The fourth-order valence-corrected chi connectivity index (χ4v) is 8.32. The van der Waals surface area contributed by atoms with E-state index in [1.54, 1.807) is 0 Å². The minimum absolute atomic E-state index is 0.0405. The number of Topliss-reactive ketones (excluding diaryl/α,β-unsaturated/α-hetero) is 1. The van der Waals surface area contributed by atoms with Crippen molar-refractivity contribution in [2.75, 3.05) is 11.5 Å². The summed E-state index contributed by atoms with van der Waals surface area (Å²) in [7, 11) is 0. The third kappa shape index (κ3) is 9.50. The zero-order chi connectivity index (χ0) is 31.0. The van der Waals surface area contributed by atoms with Gasteiger partial charge in [0.25, 0.3) is 0 Å². The van der Waals surface area contributed by atoms with Gasteiger partial charge in [0, 0.05) is 35.6 Å². The van der Waals surface area contributed by atoms with Gasteiger partial charge in [-0.1, -0.05) is 70.4 Å². The third-order valence-electron chi connectivity index (χ3n) is 8.39. The van der Waals surface area contributed by atoms with E-state index in [0.717, 1.165) is 24.3 Å². The van der Waals surface area contributed by atoms with Crippen LogP contribution in [-0.4, -0.2) is 55.8 Å². The van der Waals surface area contributed by atoms with Gasteiger partial charge in [0.15, 0.2) is 10.9 Å². The summed E-state index contributed by atoms with van der Waals surface area (Å²) in [6.07, 6.45) is 12.2. The van der Waals surface area contributed by atoms with Crippen molar-refractivity contribution in [1.29, 1.82) is 0 Å². The number of aromatic nitrogens is 1. The molecular formula is C32H46N4O4S3. The first-order valence-corrected chi connectivity index (χ1v) is 18.6. The number of aliphatic imine (C=N–C) groups is 1. The number of carbonyl (C=O) groups excluding carboxylic acids is 4. The number of nitrogens with one attached hydrogen (secondary N) is 2. The van der Waals surface area contributed by atoms with Crippen LogP contribution in [0.2, 0.25) is 0 Å². The summed E-state index contributed by atoms with van der Waals surface area (Å²) in [5.74, 6) is 0.628. The molecule has 11 heteroatoms. The second-order valence-electron chi connectivity index (χ2n) is 12.5. The maximum atomic E-state index is 13.7. The first-order chi connectivity index (χ1) is 20.6. The van der Waals surface area contributed by atoms with Crippen LogP contribution in [0.4, 0.5) is 0 Å². The molecule has 2 amide bonds. The Morgan fingerprint density at radius 1 is 1.21 bits per heavy atom. The number of thioether (sulfide) groups is 2. The molecule has 1 saturated carbocycles. The van der Waals surface area contributed by atoms with Gasteiger partial charge >= 0.3 is 0 Å². The summed E-state index contributed by atoms with van der Waals surface area (Å²) < 4.78 is 0. The Balaban J connectivity index is 1.42. The van der Waals surface area contributed by atoms with E-state index in [0.29, 0.717) is 41.6 Å². The van der Waals surface area contributed by atoms with Gasteiger partial charge in [-0.2, -0.15) is 0 Å². The van der Waals surface area contributed by atoms with Gasteiger partial charge in [0.05, 0.1) is 12.6 Å². The van der Waals surface area contributed by atoms with Crippen LogP contribution in [0, 0.1) is 23.7 Å². The van der Waals surface area contributed by atoms with Crippen LogP contribution in [0.1, 0.15) is 96.2 Å². The van der Waals surface area contributed by atoms with Crippen LogP contribution >= 0.6 is 34.9 Å². The van der Waals surface area contributed by atoms with Gasteiger partial charge in [-0.05, 0) is 43.9 Å². The number of amides is 2. The number of unbranched alkanes of at least 4 members (excludes halogenated alkanes) is 4. The van der Waals surface area contributed by atoms with E-state index >= 15 is 0 Å². The summed E-state index contributed by atoms with van der Waals surface area (Å²) in [6, 6.07) is -0.604. The number of hydrogen-bond acceptors (Lipinski definition) is 9. The van der Waals surface area contributed by atoms with Gasteiger partial charge in [-0.15, -0.1) is 23.1 Å². The maximum Gasteiger partial charge on any atom is 0.249 e. The van der Waals surface area contributed by atoms with Crippen LogP contribution < -0.4 is 10.6 Å². The summed E-state index contributed by atoms with van der Waals surface area (Å²) in [6.45, 7) is 8.23. The quantitative estimate of drug-likeness (QED) is 0.226. The molecule has 0 radical (unpaired) electrons. The molecule has 1 fully saturated rings. The second-order valence-corrected chi connectivity index (χ2v) is 15.5. The van der Waals surface area contributed by atoms with E-state index in [-0.39, 0.29) is 52.8 Å². The Morgan fingerprint density at radius 2 is 2.00 bits per heavy atom. The van der Waals surface area contributed by atoms with Crippen molar-refractivity contribution in [3.05, 3.63) is 28.2 Å². The van der Waals surface area contributed by atoms with Crippen LogP contribution in [-0.2, 0) is 25.7 Å². The van der Waals surface area contributed by atoms with Gasteiger partial charge in [0.2, 0.25) is 11.8 Å². The molecule has 43 heavy (non-hydrogen) atoms. The largest absolute Gasteiger partial charge is 0.350 e. The SMILES string of the molecule is CCCCCCCC(=O)SCCC=CC1CC(=O)NCc2nc(cs2)C2=NC(C)(CS2)C(=O)NC(C(C)C)C(=O)C2CC12. The summed E-state index contributed by atoms with van der Waals surface area (Å²) in [5.41, 5.74) is -0.256. The normalized spacial score (nSPS) is 27.9. The number of fused-ring (bicyclic) bond motifs is 5. The zero-order valence-electron chi connectivity index (χ0n) is 25.9. The highest BCUT2D eigenvalue weighted by Crippen LogP contribution is 2.48.